The van der Waals surface area contributed by atoms with Gasteiger partial charge in [0.15, 0.2) is 0 Å². The SMILES string of the molecule is CCc1ccc(N[C@H](CC)c2ccc(Cl)c(C)c2)cc1CN1CC[C@@H](C(=O)O)C1. The summed E-state index contributed by atoms with van der Waals surface area (Å²) in [7, 11) is 0. The number of aliphatic carboxylic acids is 1. The van der Waals surface area contributed by atoms with E-state index >= 15 is 0 Å². The van der Waals surface area contributed by atoms with Crippen LogP contribution in [0.25, 0.3) is 0 Å². The monoisotopic (exact) mass is 414 g/mol. The van der Waals surface area contributed by atoms with Gasteiger partial charge in [0.1, 0.15) is 0 Å². The molecule has 2 N–H and O–H groups in total. The van der Waals surface area contributed by atoms with Crippen LogP contribution in [0.5, 0.6) is 0 Å². The van der Waals surface area contributed by atoms with Crippen LogP contribution >= 0.6 is 11.6 Å². The fraction of sp³-hybridized carbons (Fsp3) is 0.458. The molecule has 1 aliphatic rings. The molecule has 1 heterocycles. The van der Waals surface area contributed by atoms with Crippen molar-refractivity contribution >= 4 is 23.3 Å². The summed E-state index contributed by atoms with van der Waals surface area (Å²) in [5.74, 6) is -0.915. The Kier molecular flexibility index (Phi) is 7.20. The zero-order valence-corrected chi connectivity index (χ0v) is 18.3. The molecule has 1 fully saturated rings. The van der Waals surface area contributed by atoms with Gasteiger partial charge in [-0.2, -0.15) is 0 Å². The molecule has 4 nitrogen and oxygen atoms in total. The molecule has 5 heteroatoms. The van der Waals surface area contributed by atoms with Gasteiger partial charge in [-0.1, -0.05) is 43.6 Å². The Bertz CT molecular complexity index is 868. The lowest BCUT2D eigenvalue weighted by molar-refractivity contribution is -0.141. The van der Waals surface area contributed by atoms with Crippen LogP contribution in [0.15, 0.2) is 36.4 Å². The summed E-state index contributed by atoms with van der Waals surface area (Å²) in [6.07, 6.45) is 2.68. The van der Waals surface area contributed by atoms with Crippen LogP contribution in [0.3, 0.4) is 0 Å². The van der Waals surface area contributed by atoms with E-state index in [1.54, 1.807) is 0 Å². The van der Waals surface area contributed by atoms with Crippen LogP contribution in [-0.2, 0) is 17.8 Å². The quantitative estimate of drug-likeness (QED) is 0.583. The lowest BCUT2D eigenvalue weighted by Gasteiger charge is -2.22. The number of halogens is 1. The van der Waals surface area contributed by atoms with Crippen molar-refractivity contribution < 1.29 is 9.90 Å². The first kappa shape index (κ1) is 21.7. The van der Waals surface area contributed by atoms with Gasteiger partial charge in [0.2, 0.25) is 0 Å². The largest absolute Gasteiger partial charge is 0.481 e. The third-order valence-corrected chi connectivity index (χ3v) is 6.36. The van der Waals surface area contributed by atoms with Crippen molar-refractivity contribution in [1.82, 2.24) is 4.90 Å². The van der Waals surface area contributed by atoms with Gasteiger partial charge in [0.05, 0.1) is 12.0 Å². The maximum Gasteiger partial charge on any atom is 0.307 e. The summed E-state index contributed by atoms with van der Waals surface area (Å²) in [5.41, 5.74) is 6.04. The number of nitrogens with one attached hydrogen (secondary N) is 1. The normalized spacial score (nSPS) is 18.0. The number of anilines is 1. The fourth-order valence-corrected chi connectivity index (χ4v) is 4.25. The Morgan fingerprint density at radius 1 is 1.24 bits per heavy atom. The van der Waals surface area contributed by atoms with Crippen molar-refractivity contribution in [2.24, 2.45) is 5.92 Å². The maximum atomic E-state index is 11.3. The van der Waals surface area contributed by atoms with Crippen molar-refractivity contribution in [1.29, 1.82) is 0 Å². The first-order valence-electron chi connectivity index (χ1n) is 10.5. The molecule has 1 saturated heterocycles. The van der Waals surface area contributed by atoms with E-state index in [2.05, 4.69) is 54.4 Å². The highest BCUT2D eigenvalue weighted by molar-refractivity contribution is 6.31. The summed E-state index contributed by atoms with van der Waals surface area (Å²) in [6.45, 7) is 8.67. The van der Waals surface area contributed by atoms with Crippen molar-refractivity contribution in [3.63, 3.8) is 0 Å². The van der Waals surface area contributed by atoms with E-state index in [-0.39, 0.29) is 12.0 Å². The minimum absolute atomic E-state index is 0.217. The van der Waals surface area contributed by atoms with Gasteiger partial charge in [-0.25, -0.2) is 0 Å². The summed E-state index contributed by atoms with van der Waals surface area (Å²) in [6, 6.07) is 13.0. The highest BCUT2D eigenvalue weighted by Gasteiger charge is 2.28. The van der Waals surface area contributed by atoms with E-state index in [0.29, 0.717) is 6.54 Å². The number of rotatable bonds is 8. The maximum absolute atomic E-state index is 11.3. The molecular formula is C24H31ClN2O2. The van der Waals surface area contributed by atoms with Crippen LogP contribution < -0.4 is 5.32 Å². The Labute approximate surface area is 178 Å². The Morgan fingerprint density at radius 2 is 2.03 bits per heavy atom. The number of hydrogen-bond acceptors (Lipinski definition) is 3. The van der Waals surface area contributed by atoms with Crippen LogP contribution in [0, 0.1) is 12.8 Å². The molecular weight excluding hydrogens is 384 g/mol. The molecule has 29 heavy (non-hydrogen) atoms. The van der Waals surface area contributed by atoms with Gasteiger partial charge in [0.25, 0.3) is 0 Å². The molecule has 2 aromatic rings. The number of carbonyl (C=O) groups is 1. The molecule has 3 rings (SSSR count). The minimum atomic E-state index is -0.678. The molecule has 156 valence electrons. The lowest BCUT2D eigenvalue weighted by atomic mass is 10.00. The molecule has 0 radical (unpaired) electrons. The number of nitrogens with zero attached hydrogens (tertiary/aromatic N) is 1. The van der Waals surface area contributed by atoms with Crippen molar-refractivity contribution in [2.75, 3.05) is 18.4 Å². The summed E-state index contributed by atoms with van der Waals surface area (Å²) < 4.78 is 0. The third kappa shape index (κ3) is 5.31. The predicted octanol–water partition coefficient (Wildman–Crippen LogP) is 5.68. The van der Waals surface area contributed by atoms with Crippen LogP contribution in [0.1, 0.15) is 55.0 Å². The average molecular weight is 415 g/mol. The first-order valence-corrected chi connectivity index (χ1v) is 10.9. The Balaban J connectivity index is 1.76. The topological polar surface area (TPSA) is 52.6 Å². The second kappa shape index (κ2) is 9.64. The number of carboxylic acid groups (broad SMARTS) is 1. The number of aryl methyl sites for hydroxylation is 2. The molecule has 2 atom stereocenters. The molecule has 0 aromatic heterocycles. The standard InChI is InChI=1S/C24H31ClN2O2/c1-4-17-6-8-21(13-20(17)15-27-11-10-19(14-27)24(28)29)26-23(5-2)18-7-9-22(25)16(3)12-18/h6-9,12-13,19,23,26H,4-5,10-11,14-15H2,1-3H3,(H,28,29)/t19-,23-/m1/s1. The van der Waals surface area contributed by atoms with Gasteiger partial charge in [-0.15, -0.1) is 0 Å². The van der Waals surface area contributed by atoms with Crippen LogP contribution in [-0.4, -0.2) is 29.1 Å². The smallest absolute Gasteiger partial charge is 0.307 e. The molecule has 0 unspecified atom stereocenters. The highest BCUT2D eigenvalue weighted by atomic mass is 35.5. The zero-order chi connectivity index (χ0) is 21.0. The lowest BCUT2D eigenvalue weighted by Crippen LogP contribution is -2.23. The predicted molar refractivity (Wildman–Crippen MR) is 120 cm³/mol. The van der Waals surface area contributed by atoms with E-state index in [4.69, 9.17) is 11.6 Å². The van der Waals surface area contributed by atoms with Gasteiger partial charge in [-0.05, 0) is 73.2 Å². The molecule has 0 aliphatic carbocycles. The van der Waals surface area contributed by atoms with E-state index in [1.807, 2.05) is 13.0 Å². The van der Waals surface area contributed by atoms with E-state index in [0.717, 1.165) is 48.6 Å². The zero-order valence-electron chi connectivity index (χ0n) is 17.5. The molecule has 1 aliphatic heterocycles. The van der Waals surface area contributed by atoms with Crippen molar-refractivity contribution in [2.45, 2.75) is 52.6 Å². The second-order valence-electron chi connectivity index (χ2n) is 8.01. The number of benzene rings is 2. The summed E-state index contributed by atoms with van der Waals surface area (Å²) >= 11 is 6.19. The van der Waals surface area contributed by atoms with E-state index in [1.165, 1.54) is 16.7 Å². The fourth-order valence-electron chi connectivity index (χ4n) is 4.13. The van der Waals surface area contributed by atoms with Gasteiger partial charge in [0, 0.05) is 23.8 Å². The first-order chi connectivity index (χ1) is 13.9. The molecule has 0 saturated carbocycles. The Morgan fingerprint density at radius 3 is 2.66 bits per heavy atom. The third-order valence-electron chi connectivity index (χ3n) is 5.94. The molecule has 0 bridgehead atoms. The number of likely N-dealkylation sites (tertiary alicyclic amines) is 1. The van der Waals surface area contributed by atoms with Crippen LogP contribution in [0.4, 0.5) is 5.69 Å². The summed E-state index contributed by atoms with van der Waals surface area (Å²) in [5, 5.41) is 13.7. The van der Waals surface area contributed by atoms with E-state index in [9.17, 15) is 9.90 Å². The van der Waals surface area contributed by atoms with E-state index < -0.39 is 5.97 Å². The number of hydrogen-bond donors (Lipinski definition) is 2. The summed E-state index contributed by atoms with van der Waals surface area (Å²) in [4.78, 5) is 13.5. The average Bonchev–Trinajstić information content (AvgIpc) is 3.17. The van der Waals surface area contributed by atoms with Gasteiger partial charge >= 0.3 is 5.97 Å². The van der Waals surface area contributed by atoms with Gasteiger partial charge < -0.3 is 10.4 Å². The number of carboxylic acids is 1. The molecule has 0 amide bonds. The molecule has 0 spiro atoms. The van der Waals surface area contributed by atoms with Gasteiger partial charge in [-0.3, -0.25) is 9.69 Å². The van der Waals surface area contributed by atoms with Crippen molar-refractivity contribution in [3.8, 4) is 0 Å². The van der Waals surface area contributed by atoms with Crippen molar-refractivity contribution in [3.05, 3.63) is 63.7 Å². The second-order valence-corrected chi connectivity index (χ2v) is 8.42. The minimum Gasteiger partial charge on any atom is -0.481 e. The van der Waals surface area contributed by atoms with Crippen LogP contribution in [0.2, 0.25) is 5.02 Å². The highest BCUT2D eigenvalue weighted by Crippen LogP contribution is 2.28. The molecule has 2 aromatic carbocycles. The Hall–Kier alpha value is -2.04.